The van der Waals surface area contributed by atoms with Crippen LogP contribution in [0, 0.1) is 12.3 Å². The number of carbonyl (C=O) groups is 5. The Morgan fingerprint density at radius 2 is 1.74 bits per heavy atom. The van der Waals surface area contributed by atoms with Gasteiger partial charge in [-0.05, 0) is 12.5 Å². The molecular formula is C20H24N2O7S2. The molecular weight excluding hydrogens is 444 g/mol. The fraction of sp³-hybridized carbons (Fsp3) is 0.450. The molecule has 11 heteroatoms. The molecule has 1 aliphatic rings. The molecule has 0 atom stereocenters. The average molecular weight is 469 g/mol. The number of anilines is 1. The standard InChI is InChI=1S/C20H24N2O7S2/c1-10-15(18(26)28-5)17(31-16(10)19(27)29-6)21-12(24)8-22-13(25)9-30-14(22)7-11(23)20(2,3)4/h7H,8-9H2,1-6H3,(H,21,24)/b14-7+. The molecule has 0 aliphatic carbocycles. The fourth-order valence-corrected chi connectivity index (χ4v) is 4.64. The molecule has 0 radical (unpaired) electrons. The molecule has 2 amide bonds. The highest BCUT2D eigenvalue weighted by atomic mass is 32.2. The van der Waals surface area contributed by atoms with E-state index in [-0.39, 0.29) is 39.4 Å². The Kier molecular flexibility index (Phi) is 7.66. The lowest BCUT2D eigenvalue weighted by molar-refractivity contribution is -0.129. The number of ketones is 1. The minimum atomic E-state index is -0.719. The predicted molar refractivity (Wildman–Crippen MR) is 117 cm³/mol. The summed E-state index contributed by atoms with van der Waals surface area (Å²) in [6.45, 7) is 6.48. The molecule has 0 saturated carbocycles. The van der Waals surface area contributed by atoms with E-state index in [1.54, 1.807) is 27.7 Å². The minimum absolute atomic E-state index is 0.0436. The molecule has 0 unspecified atom stereocenters. The van der Waals surface area contributed by atoms with Crippen molar-refractivity contribution in [2.24, 2.45) is 5.41 Å². The van der Waals surface area contributed by atoms with Crippen molar-refractivity contribution in [3.8, 4) is 0 Å². The number of esters is 2. The maximum Gasteiger partial charge on any atom is 0.348 e. The highest BCUT2D eigenvalue weighted by molar-refractivity contribution is 8.04. The van der Waals surface area contributed by atoms with Crippen molar-refractivity contribution in [1.29, 1.82) is 0 Å². The Balaban J connectivity index is 2.28. The number of allylic oxidation sites excluding steroid dienone is 1. The van der Waals surface area contributed by atoms with Crippen LogP contribution in [0.5, 0.6) is 0 Å². The largest absolute Gasteiger partial charge is 0.465 e. The van der Waals surface area contributed by atoms with Crippen LogP contribution >= 0.6 is 23.1 Å². The highest BCUT2D eigenvalue weighted by Crippen LogP contribution is 2.35. The maximum atomic E-state index is 12.7. The Morgan fingerprint density at radius 1 is 1.13 bits per heavy atom. The number of hydrogen-bond donors (Lipinski definition) is 1. The number of ether oxygens (including phenoxy) is 2. The molecule has 1 aromatic heterocycles. The van der Waals surface area contributed by atoms with E-state index in [9.17, 15) is 24.0 Å². The minimum Gasteiger partial charge on any atom is -0.465 e. The number of thiophene rings is 1. The lowest BCUT2D eigenvalue weighted by atomic mass is 9.91. The summed E-state index contributed by atoms with van der Waals surface area (Å²) in [7, 11) is 2.40. The van der Waals surface area contributed by atoms with Crippen molar-refractivity contribution in [1.82, 2.24) is 4.90 Å². The molecule has 0 aromatic carbocycles. The van der Waals surface area contributed by atoms with Gasteiger partial charge in [-0.15, -0.1) is 11.3 Å². The van der Waals surface area contributed by atoms with Gasteiger partial charge in [-0.1, -0.05) is 32.5 Å². The molecule has 31 heavy (non-hydrogen) atoms. The molecule has 0 bridgehead atoms. The number of nitrogens with zero attached hydrogens (tertiary/aromatic N) is 1. The van der Waals surface area contributed by atoms with Crippen molar-refractivity contribution in [2.75, 3.05) is 31.8 Å². The van der Waals surface area contributed by atoms with Crippen LogP contribution in [0.4, 0.5) is 5.00 Å². The summed E-state index contributed by atoms with van der Waals surface area (Å²) in [4.78, 5) is 62.8. The number of hydrogen-bond acceptors (Lipinski definition) is 9. The second-order valence-electron chi connectivity index (χ2n) is 7.66. The normalized spacial score (nSPS) is 15.2. The highest BCUT2D eigenvalue weighted by Gasteiger charge is 2.32. The first-order chi connectivity index (χ1) is 14.4. The van der Waals surface area contributed by atoms with Crippen LogP contribution in [0.2, 0.25) is 0 Å². The maximum absolute atomic E-state index is 12.7. The van der Waals surface area contributed by atoms with Crippen LogP contribution in [0.3, 0.4) is 0 Å². The van der Waals surface area contributed by atoms with Gasteiger partial charge in [0.1, 0.15) is 16.4 Å². The van der Waals surface area contributed by atoms with Crippen molar-refractivity contribution < 1.29 is 33.4 Å². The van der Waals surface area contributed by atoms with Gasteiger partial charge in [0.2, 0.25) is 11.8 Å². The zero-order valence-electron chi connectivity index (χ0n) is 18.1. The van der Waals surface area contributed by atoms with E-state index in [1.807, 2.05) is 0 Å². The summed E-state index contributed by atoms with van der Waals surface area (Å²) < 4.78 is 9.47. The number of amides is 2. The van der Waals surface area contributed by atoms with Crippen LogP contribution in [-0.2, 0) is 23.9 Å². The van der Waals surface area contributed by atoms with E-state index in [0.717, 1.165) is 11.3 Å². The van der Waals surface area contributed by atoms with Crippen LogP contribution in [-0.4, -0.2) is 61.0 Å². The molecule has 1 aliphatic heterocycles. The molecule has 168 valence electrons. The zero-order chi connectivity index (χ0) is 23.5. The average Bonchev–Trinajstić information content (AvgIpc) is 3.20. The smallest absolute Gasteiger partial charge is 0.348 e. The lowest BCUT2D eigenvalue weighted by Gasteiger charge is -2.19. The van der Waals surface area contributed by atoms with Gasteiger partial charge in [0.05, 0.1) is 30.6 Å². The van der Waals surface area contributed by atoms with Gasteiger partial charge in [-0.3, -0.25) is 19.3 Å². The Morgan fingerprint density at radius 3 is 2.29 bits per heavy atom. The third-order valence-electron chi connectivity index (χ3n) is 4.37. The summed E-state index contributed by atoms with van der Waals surface area (Å²) in [6, 6.07) is 0. The van der Waals surface area contributed by atoms with Crippen molar-refractivity contribution in [3.63, 3.8) is 0 Å². The number of methoxy groups -OCH3 is 2. The van der Waals surface area contributed by atoms with Crippen molar-refractivity contribution >= 4 is 57.6 Å². The quantitative estimate of drug-likeness (QED) is 0.500. The van der Waals surface area contributed by atoms with Gasteiger partial charge in [0, 0.05) is 11.5 Å². The van der Waals surface area contributed by atoms with Crippen molar-refractivity contribution in [2.45, 2.75) is 27.7 Å². The summed E-state index contributed by atoms with van der Waals surface area (Å²) in [6.07, 6.45) is 1.37. The van der Waals surface area contributed by atoms with Gasteiger partial charge < -0.3 is 14.8 Å². The molecule has 1 saturated heterocycles. The predicted octanol–water partition coefficient (Wildman–Crippen LogP) is 2.60. The molecule has 2 rings (SSSR count). The van der Waals surface area contributed by atoms with Crippen LogP contribution in [0.15, 0.2) is 11.1 Å². The molecule has 0 spiro atoms. The van der Waals surface area contributed by atoms with Crippen molar-refractivity contribution in [3.05, 3.63) is 27.1 Å². The molecule has 2 heterocycles. The summed E-state index contributed by atoms with van der Waals surface area (Å²) in [5.74, 6) is -2.31. The molecule has 9 nitrogen and oxygen atoms in total. The number of carbonyl (C=O) groups excluding carboxylic acids is 5. The first-order valence-corrected chi connectivity index (χ1v) is 11.0. The SMILES string of the molecule is COC(=O)c1sc(NC(=O)CN2C(=O)CS/C2=C/C(=O)C(C)(C)C)c(C(=O)OC)c1C. The molecule has 1 N–H and O–H groups in total. The van der Waals surface area contributed by atoms with Gasteiger partial charge >= 0.3 is 11.9 Å². The topological polar surface area (TPSA) is 119 Å². The monoisotopic (exact) mass is 468 g/mol. The number of nitrogens with one attached hydrogen (secondary N) is 1. The number of thioether (sulfide) groups is 1. The zero-order valence-corrected chi connectivity index (χ0v) is 19.7. The summed E-state index contributed by atoms with van der Waals surface area (Å²) >= 11 is 2.06. The van der Waals surface area contributed by atoms with E-state index < -0.39 is 23.3 Å². The third kappa shape index (κ3) is 5.53. The first-order valence-electron chi connectivity index (χ1n) is 9.19. The lowest BCUT2D eigenvalue weighted by Crippen LogP contribution is -2.34. The Hall–Kier alpha value is -2.66. The van der Waals surface area contributed by atoms with Gasteiger partial charge in [-0.25, -0.2) is 9.59 Å². The first kappa shape index (κ1) is 24.6. The summed E-state index contributed by atoms with van der Waals surface area (Å²) in [5, 5.41) is 3.08. The molecule has 1 aromatic rings. The van der Waals surface area contributed by atoms with E-state index in [0.29, 0.717) is 10.6 Å². The van der Waals surface area contributed by atoms with E-state index in [1.165, 1.54) is 37.0 Å². The van der Waals surface area contributed by atoms with Gasteiger partial charge in [0.25, 0.3) is 0 Å². The van der Waals surface area contributed by atoms with E-state index >= 15 is 0 Å². The second kappa shape index (κ2) is 9.65. The van der Waals surface area contributed by atoms with Crippen LogP contribution < -0.4 is 5.32 Å². The van der Waals surface area contributed by atoms with E-state index in [4.69, 9.17) is 9.47 Å². The number of rotatable bonds is 6. The molecule has 1 fully saturated rings. The second-order valence-corrected chi connectivity index (χ2v) is 9.67. The Bertz CT molecular complexity index is 973. The van der Waals surface area contributed by atoms with E-state index in [2.05, 4.69) is 5.32 Å². The van der Waals surface area contributed by atoms with Gasteiger partial charge in [0.15, 0.2) is 5.78 Å². The Labute approximate surface area is 188 Å². The van der Waals surface area contributed by atoms with Crippen LogP contribution in [0.1, 0.15) is 46.4 Å². The van der Waals surface area contributed by atoms with Crippen LogP contribution in [0.25, 0.3) is 0 Å². The summed E-state index contributed by atoms with van der Waals surface area (Å²) in [5.41, 5.74) is -0.258. The third-order valence-corrected chi connectivity index (χ3v) is 6.58. The van der Waals surface area contributed by atoms with Gasteiger partial charge in [-0.2, -0.15) is 0 Å². The fourth-order valence-electron chi connectivity index (χ4n) is 2.58.